The molecule has 0 spiro atoms. The molecule has 0 aliphatic carbocycles. The Morgan fingerprint density at radius 2 is 1.81 bits per heavy atom. The van der Waals surface area contributed by atoms with E-state index < -0.39 is 0 Å². The van der Waals surface area contributed by atoms with E-state index in [9.17, 15) is 0 Å². The predicted octanol–water partition coefficient (Wildman–Crippen LogP) is 3.41. The molecule has 2 nitrogen and oxygen atoms in total. The summed E-state index contributed by atoms with van der Waals surface area (Å²) in [6.07, 6.45) is 1.90. The first-order valence-electron chi connectivity index (χ1n) is 5.27. The maximum Gasteiger partial charge on any atom is 0.128 e. The van der Waals surface area contributed by atoms with Gasteiger partial charge in [-0.05, 0) is 29.8 Å². The molecule has 16 heavy (non-hydrogen) atoms. The monoisotopic (exact) mass is 209 g/mol. The fraction of sp³-hybridized carbons (Fsp3) is 0.0714. The highest BCUT2D eigenvalue weighted by atomic mass is 16.5. The Hall–Kier alpha value is -2.09. The van der Waals surface area contributed by atoms with Crippen LogP contribution in [0.3, 0.4) is 0 Å². The SMILES string of the molecule is C1=NCc2ccc(Oc3ccccc3)cc21. The van der Waals surface area contributed by atoms with Gasteiger partial charge in [-0.15, -0.1) is 0 Å². The fourth-order valence-electron chi connectivity index (χ4n) is 1.77. The lowest BCUT2D eigenvalue weighted by atomic mass is 10.1. The van der Waals surface area contributed by atoms with Crippen LogP contribution in [0, 0.1) is 0 Å². The van der Waals surface area contributed by atoms with E-state index in [2.05, 4.69) is 11.1 Å². The molecule has 2 aromatic rings. The van der Waals surface area contributed by atoms with Crippen LogP contribution in [0.2, 0.25) is 0 Å². The molecule has 2 heteroatoms. The topological polar surface area (TPSA) is 21.6 Å². The zero-order valence-corrected chi connectivity index (χ0v) is 8.76. The summed E-state index contributed by atoms with van der Waals surface area (Å²) >= 11 is 0. The van der Waals surface area contributed by atoms with Crippen LogP contribution in [0.15, 0.2) is 53.5 Å². The molecule has 0 unspecified atom stereocenters. The van der Waals surface area contributed by atoms with Gasteiger partial charge in [0.2, 0.25) is 0 Å². The van der Waals surface area contributed by atoms with E-state index in [-0.39, 0.29) is 0 Å². The van der Waals surface area contributed by atoms with Gasteiger partial charge in [-0.25, -0.2) is 0 Å². The molecule has 1 heterocycles. The van der Waals surface area contributed by atoms with Crippen LogP contribution in [0.4, 0.5) is 0 Å². The van der Waals surface area contributed by atoms with Crippen molar-refractivity contribution >= 4 is 6.21 Å². The van der Waals surface area contributed by atoms with Crippen LogP contribution in [0.1, 0.15) is 11.1 Å². The van der Waals surface area contributed by atoms with E-state index in [1.165, 1.54) is 5.56 Å². The van der Waals surface area contributed by atoms with Crippen LogP contribution in [-0.4, -0.2) is 6.21 Å². The minimum atomic E-state index is 0.793. The summed E-state index contributed by atoms with van der Waals surface area (Å²) in [5, 5.41) is 0. The van der Waals surface area contributed by atoms with Gasteiger partial charge in [0.05, 0.1) is 6.54 Å². The molecule has 0 N–H and O–H groups in total. The maximum atomic E-state index is 5.74. The smallest absolute Gasteiger partial charge is 0.128 e. The molecule has 2 aromatic carbocycles. The lowest BCUT2D eigenvalue weighted by Crippen LogP contribution is -1.88. The van der Waals surface area contributed by atoms with Crippen molar-refractivity contribution in [3.63, 3.8) is 0 Å². The molecule has 0 amide bonds. The first-order chi connectivity index (χ1) is 7.92. The van der Waals surface area contributed by atoms with Crippen LogP contribution >= 0.6 is 0 Å². The van der Waals surface area contributed by atoms with Gasteiger partial charge in [-0.3, -0.25) is 4.99 Å². The van der Waals surface area contributed by atoms with Gasteiger partial charge < -0.3 is 4.74 Å². The molecule has 0 fully saturated rings. The Morgan fingerprint density at radius 1 is 0.938 bits per heavy atom. The number of hydrogen-bond donors (Lipinski definition) is 0. The van der Waals surface area contributed by atoms with E-state index >= 15 is 0 Å². The average Bonchev–Trinajstić information content (AvgIpc) is 2.77. The Balaban J connectivity index is 1.88. The van der Waals surface area contributed by atoms with Gasteiger partial charge in [0.1, 0.15) is 11.5 Å². The van der Waals surface area contributed by atoms with Gasteiger partial charge in [0.25, 0.3) is 0 Å². The number of para-hydroxylation sites is 1. The summed E-state index contributed by atoms with van der Waals surface area (Å²) in [7, 11) is 0. The second kappa shape index (κ2) is 3.81. The molecule has 0 radical (unpaired) electrons. The highest BCUT2D eigenvalue weighted by Gasteiger charge is 2.07. The van der Waals surface area contributed by atoms with Crippen LogP contribution < -0.4 is 4.74 Å². The minimum absolute atomic E-state index is 0.793. The third-order valence-corrected chi connectivity index (χ3v) is 2.59. The first-order valence-corrected chi connectivity index (χ1v) is 5.27. The summed E-state index contributed by atoms with van der Waals surface area (Å²) < 4.78 is 5.74. The van der Waals surface area contributed by atoms with Crippen molar-refractivity contribution in [2.24, 2.45) is 4.99 Å². The second-order valence-electron chi connectivity index (χ2n) is 3.75. The largest absolute Gasteiger partial charge is 0.457 e. The molecule has 0 saturated heterocycles. The Labute approximate surface area is 94.2 Å². The van der Waals surface area contributed by atoms with Crippen LogP contribution in [0.25, 0.3) is 0 Å². The number of fused-ring (bicyclic) bond motifs is 1. The lowest BCUT2D eigenvalue weighted by Gasteiger charge is -2.06. The molecule has 0 bridgehead atoms. The summed E-state index contributed by atoms with van der Waals surface area (Å²) in [5.74, 6) is 1.72. The Morgan fingerprint density at radius 3 is 2.69 bits per heavy atom. The van der Waals surface area contributed by atoms with E-state index in [1.54, 1.807) is 0 Å². The molecule has 0 aromatic heterocycles. The number of ether oxygens (including phenoxy) is 1. The quantitative estimate of drug-likeness (QED) is 0.742. The fourth-order valence-corrected chi connectivity index (χ4v) is 1.77. The van der Waals surface area contributed by atoms with E-state index in [4.69, 9.17) is 4.74 Å². The number of aliphatic imine (C=N–C) groups is 1. The molecule has 3 rings (SSSR count). The molecule has 78 valence electrons. The van der Waals surface area contributed by atoms with Gasteiger partial charge in [-0.1, -0.05) is 24.3 Å². The molecule has 1 aliphatic heterocycles. The van der Waals surface area contributed by atoms with Crippen molar-refractivity contribution in [1.82, 2.24) is 0 Å². The van der Waals surface area contributed by atoms with Crippen LogP contribution in [-0.2, 0) is 6.54 Å². The Kier molecular flexibility index (Phi) is 2.18. The maximum absolute atomic E-state index is 5.74. The lowest BCUT2D eigenvalue weighted by molar-refractivity contribution is 0.482. The molecule has 0 atom stereocenters. The number of nitrogens with zero attached hydrogens (tertiary/aromatic N) is 1. The average molecular weight is 209 g/mol. The predicted molar refractivity (Wildman–Crippen MR) is 64.3 cm³/mol. The summed E-state index contributed by atoms with van der Waals surface area (Å²) in [6.45, 7) is 0.793. The molecule has 0 saturated carbocycles. The van der Waals surface area contributed by atoms with Crippen molar-refractivity contribution in [2.45, 2.75) is 6.54 Å². The second-order valence-corrected chi connectivity index (χ2v) is 3.75. The van der Waals surface area contributed by atoms with Crippen molar-refractivity contribution in [2.75, 3.05) is 0 Å². The molecular weight excluding hydrogens is 198 g/mol. The van der Waals surface area contributed by atoms with E-state index in [0.717, 1.165) is 23.6 Å². The standard InChI is InChI=1S/C14H11NO/c1-2-4-13(5-3-1)16-14-7-6-11-9-15-10-12(11)8-14/h1-8,10H,9H2. The number of rotatable bonds is 2. The third-order valence-electron chi connectivity index (χ3n) is 2.59. The van der Waals surface area contributed by atoms with E-state index in [0.29, 0.717) is 0 Å². The van der Waals surface area contributed by atoms with Crippen molar-refractivity contribution in [3.8, 4) is 11.5 Å². The van der Waals surface area contributed by atoms with Gasteiger partial charge >= 0.3 is 0 Å². The zero-order valence-electron chi connectivity index (χ0n) is 8.76. The van der Waals surface area contributed by atoms with Gasteiger partial charge in [0.15, 0.2) is 0 Å². The first kappa shape index (κ1) is 9.16. The molecule has 1 aliphatic rings. The summed E-state index contributed by atoms with van der Waals surface area (Å²) in [5.41, 5.74) is 2.42. The van der Waals surface area contributed by atoms with Gasteiger partial charge in [-0.2, -0.15) is 0 Å². The van der Waals surface area contributed by atoms with Crippen LogP contribution in [0.5, 0.6) is 11.5 Å². The number of benzene rings is 2. The van der Waals surface area contributed by atoms with Gasteiger partial charge in [0, 0.05) is 11.8 Å². The van der Waals surface area contributed by atoms with Crippen molar-refractivity contribution in [1.29, 1.82) is 0 Å². The van der Waals surface area contributed by atoms with Crippen molar-refractivity contribution < 1.29 is 4.74 Å². The minimum Gasteiger partial charge on any atom is -0.457 e. The summed E-state index contributed by atoms with van der Waals surface area (Å²) in [6, 6.07) is 15.9. The zero-order chi connectivity index (χ0) is 10.8. The van der Waals surface area contributed by atoms with Crippen molar-refractivity contribution in [3.05, 3.63) is 59.7 Å². The molecular formula is C14H11NO. The summed E-state index contributed by atoms with van der Waals surface area (Å²) in [4.78, 5) is 4.22. The normalized spacial score (nSPS) is 12.5. The highest BCUT2D eigenvalue weighted by Crippen LogP contribution is 2.25. The highest BCUT2D eigenvalue weighted by molar-refractivity contribution is 5.85. The number of hydrogen-bond acceptors (Lipinski definition) is 2. The third kappa shape index (κ3) is 1.70. The Bertz CT molecular complexity index is 532. The van der Waals surface area contributed by atoms with E-state index in [1.807, 2.05) is 48.7 Å².